The van der Waals surface area contributed by atoms with Crippen molar-refractivity contribution >= 4 is 142 Å². The molecule has 0 radical (unpaired) electrons. The predicted octanol–water partition coefficient (Wildman–Crippen LogP) is 29.5. The predicted molar refractivity (Wildman–Crippen MR) is 537 cm³/mol. The minimum Gasteiger partial charge on any atom is -0.309 e. The van der Waals surface area contributed by atoms with E-state index in [0.29, 0.717) is 17.6 Å². The summed E-state index contributed by atoms with van der Waals surface area (Å²) < 4.78 is 13.9. The normalized spacial score (nSPS) is 11.7. The van der Waals surface area contributed by atoms with Gasteiger partial charge in [0.2, 0.25) is 5.95 Å². The van der Waals surface area contributed by atoms with Crippen molar-refractivity contribution in [1.82, 2.24) is 57.3 Å². The number of nitrogens with zero attached hydrogens (tertiary/aromatic N) is 12. The van der Waals surface area contributed by atoms with Crippen molar-refractivity contribution in [2.24, 2.45) is 0 Å². The van der Waals surface area contributed by atoms with Gasteiger partial charge in [0.15, 0.2) is 11.6 Å². The van der Waals surface area contributed by atoms with Gasteiger partial charge in [0, 0.05) is 118 Å². The van der Waals surface area contributed by atoms with E-state index in [4.69, 9.17) is 24.9 Å². The van der Waals surface area contributed by atoms with Crippen molar-refractivity contribution in [2.45, 2.75) is 0 Å². The fourth-order valence-corrected chi connectivity index (χ4v) is 19.9. The van der Waals surface area contributed by atoms with Gasteiger partial charge in [-0.25, -0.2) is 4.98 Å². The molecule has 0 bridgehead atoms. The van der Waals surface area contributed by atoms with E-state index in [2.05, 4.69) is 396 Å². The van der Waals surface area contributed by atoms with E-state index in [1.54, 1.807) is 0 Å². The number of hydrogen-bond acceptors (Lipinski definition) is 6. The van der Waals surface area contributed by atoms with Gasteiger partial charge in [-0.1, -0.05) is 273 Å². The average Bonchev–Trinajstić information content (AvgIpc) is 1.57. The molecule has 0 fully saturated rings. The summed E-state index contributed by atoms with van der Waals surface area (Å²) in [5, 5.41) is 14.4. The number of fused-ring (bicyclic) bond motifs is 19. The maximum atomic E-state index is 5.09. The summed E-state index contributed by atoms with van der Waals surface area (Å²) in [4.78, 5) is 29.4. The minimum absolute atomic E-state index is 0.579. The summed E-state index contributed by atoms with van der Waals surface area (Å²) in [7, 11) is 0. The second-order valence-corrected chi connectivity index (χ2v) is 32.9. The Labute approximate surface area is 746 Å². The van der Waals surface area contributed by atoms with Gasteiger partial charge in [-0.2, -0.15) is 9.97 Å². The smallest absolute Gasteiger partial charge is 0.238 e. The van der Waals surface area contributed by atoms with Gasteiger partial charge in [-0.15, -0.1) is 0 Å². The van der Waals surface area contributed by atoms with Crippen LogP contribution in [0, 0.1) is 0 Å². The summed E-state index contributed by atoms with van der Waals surface area (Å²) >= 11 is 0. The molecule has 0 spiro atoms. The van der Waals surface area contributed by atoms with Crippen LogP contribution < -0.4 is 0 Å². The maximum Gasteiger partial charge on any atom is 0.238 e. The summed E-state index contributed by atoms with van der Waals surface area (Å²) in [5.74, 6) is 1.84. The molecule has 0 saturated carbocycles. The highest BCUT2D eigenvalue weighted by Gasteiger charge is 2.26. The molecule has 27 aromatic rings. The summed E-state index contributed by atoms with van der Waals surface area (Å²) in [6.45, 7) is 0. The van der Waals surface area contributed by atoms with Gasteiger partial charge in [-0.3, -0.25) is 19.5 Å². The Hall–Kier alpha value is -17.7. The van der Waals surface area contributed by atoms with Crippen LogP contribution in [-0.2, 0) is 0 Å². The highest BCUT2D eigenvalue weighted by atomic mass is 15.2. The Kier molecular flexibility index (Phi) is 18.0. The van der Waals surface area contributed by atoms with Crippen LogP contribution in [0.1, 0.15) is 0 Å². The topological polar surface area (TPSA) is 107 Å². The van der Waals surface area contributed by atoms with Crippen molar-refractivity contribution in [3.63, 3.8) is 0 Å². The molecule has 10 aromatic heterocycles. The first-order valence-corrected chi connectivity index (χ1v) is 43.9. The van der Waals surface area contributed by atoms with E-state index >= 15 is 0 Å². The summed E-state index contributed by atoms with van der Waals surface area (Å²) in [6.07, 6.45) is 7.65. The molecule has 0 aliphatic rings. The van der Waals surface area contributed by atoms with Crippen molar-refractivity contribution in [3.8, 4) is 90.5 Å². The van der Waals surface area contributed by atoms with Crippen LogP contribution in [0.3, 0.4) is 0 Å². The molecular formula is C118H76N12. The van der Waals surface area contributed by atoms with E-state index in [1.165, 1.54) is 104 Å². The molecule has 0 unspecified atom stereocenters. The Morgan fingerprint density at radius 1 is 0.177 bits per heavy atom. The highest BCUT2D eigenvalue weighted by molar-refractivity contribution is 6.20. The zero-order valence-corrected chi connectivity index (χ0v) is 70.2. The number of hydrogen-bond donors (Lipinski definition) is 0. The van der Waals surface area contributed by atoms with Crippen LogP contribution in [-0.4, -0.2) is 57.3 Å². The minimum atomic E-state index is 0.579. The number of pyridine rings is 3. The Morgan fingerprint density at radius 3 is 0.977 bits per heavy atom. The lowest BCUT2D eigenvalue weighted by molar-refractivity contribution is 0.953. The first-order chi connectivity index (χ1) is 64.5. The molecule has 0 N–H and O–H groups in total. The van der Waals surface area contributed by atoms with Crippen molar-refractivity contribution in [3.05, 3.63) is 462 Å². The first kappa shape index (κ1) is 74.8. The SMILES string of the molecule is c1ccc(-c2nc(-c3ccccc3)nc(-n3c4ccccc4c4cc(-c5cccc6c5c5cnccc5n6-c5ccccc5)ccc43)n2)cc1.c1ccc(-n2c3ccccc3c3cc(-c4cccc5c4c4ncccc4n5-c4ccccc4)ccc32)cc1.c1ccc(-n2c3cccnc3c3c(-c4ccc5c(c4)c4ccccc4n5-c4ccc5ccccc5c4)cccc32)cc1. The third kappa shape index (κ3) is 12.4. The molecule has 0 amide bonds. The highest BCUT2D eigenvalue weighted by Crippen LogP contribution is 2.46. The molecule has 12 heteroatoms. The fourth-order valence-electron chi connectivity index (χ4n) is 19.9. The van der Waals surface area contributed by atoms with Crippen LogP contribution >= 0.6 is 0 Å². The quantitative estimate of drug-likeness (QED) is 0.128. The van der Waals surface area contributed by atoms with Gasteiger partial charge in [0.05, 0.1) is 77.2 Å². The Balaban J connectivity index is 0.000000106. The zero-order chi connectivity index (χ0) is 85.7. The second kappa shape index (κ2) is 31.2. The fraction of sp³-hybridized carbons (Fsp3) is 0. The van der Waals surface area contributed by atoms with Crippen molar-refractivity contribution < 1.29 is 0 Å². The lowest BCUT2D eigenvalue weighted by Crippen LogP contribution is -2.06. The molecule has 0 aliphatic carbocycles. The third-order valence-corrected chi connectivity index (χ3v) is 25.6. The second-order valence-electron chi connectivity index (χ2n) is 32.9. The molecule has 12 nitrogen and oxygen atoms in total. The number of para-hydroxylation sites is 7. The van der Waals surface area contributed by atoms with Crippen LogP contribution in [0.25, 0.3) is 232 Å². The van der Waals surface area contributed by atoms with Gasteiger partial charge in [-0.05, 0) is 208 Å². The van der Waals surface area contributed by atoms with Gasteiger partial charge >= 0.3 is 0 Å². The molecule has 27 rings (SSSR count). The lowest BCUT2D eigenvalue weighted by atomic mass is 9.98. The maximum absolute atomic E-state index is 5.09. The van der Waals surface area contributed by atoms with Gasteiger partial charge in [0.25, 0.3) is 0 Å². The molecular weight excluding hydrogens is 1590 g/mol. The summed E-state index contributed by atoms with van der Waals surface area (Å²) in [6, 6.07) is 154. The summed E-state index contributed by atoms with van der Waals surface area (Å²) in [5.41, 5.74) is 30.4. The van der Waals surface area contributed by atoms with Crippen molar-refractivity contribution in [2.75, 3.05) is 0 Å². The number of rotatable bonds is 11. The van der Waals surface area contributed by atoms with Crippen molar-refractivity contribution in [1.29, 1.82) is 0 Å². The van der Waals surface area contributed by atoms with E-state index in [9.17, 15) is 0 Å². The van der Waals surface area contributed by atoms with Gasteiger partial charge < -0.3 is 22.8 Å². The average molecular weight is 1660 g/mol. The van der Waals surface area contributed by atoms with E-state index in [1.807, 2.05) is 97.6 Å². The molecule has 0 atom stereocenters. The largest absolute Gasteiger partial charge is 0.309 e. The standard InChI is InChI=1S/C44H28N6.C39H25N3.C35H23N3/c1-4-13-29(14-5-1)42-46-43(30-15-6-2-7-16-30)48-44(47-42)50-37-21-11-10-19-34(37)35-27-31(23-24-38(35)50)33-20-12-22-40-41(33)36-28-45-26-25-39(36)49(40)32-17-8-3-9-18-32;1-2-12-29(13-3-1)41-36-17-8-15-31(38(36)39-37(41)18-9-23-40-39)28-20-22-35-33(25-28)32-14-6-7-16-34(32)42(35)30-21-19-26-10-4-5-11-27(26)24-30;1-3-11-25(12-4-1)37-30-17-8-7-15-28(30)29-23-24(20-21-31(29)37)27-16-9-18-32-34(27)35-33(19-10-22-36-35)38(32)26-13-5-2-6-14-26/h1-28H;1-25H;1-23H. The number of benzene rings is 17. The Morgan fingerprint density at radius 2 is 0.515 bits per heavy atom. The Bertz CT molecular complexity index is 9050. The van der Waals surface area contributed by atoms with E-state index < -0.39 is 0 Å². The first-order valence-electron chi connectivity index (χ1n) is 43.9. The lowest BCUT2D eigenvalue weighted by Gasteiger charge is -2.11. The monoisotopic (exact) mass is 1660 g/mol. The molecule has 10 heterocycles. The van der Waals surface area contributed by atoms with Crippen LogP contribution in [0.2, 0.25) is 0 Å². The molecule has 0 saturated heterocycles. The van der Waals surface area contributed by atoms with Crippen LogP contribution in [0.15, 0.2) is 462 Å². The number of aromatic nitrogens is 12. The molecule has 17 aromatic carbocycles. The molecule has 0 aliphatic heterocycles. The van der Waals surface area contributed by atoms with Gasteiger partial charge in [0.1, 0.15) is 0 Å². The third-order valence-electron chi connectivity index (χ3n) is 25.6. The zero-order valence-electron chi connectivity index (χ0n) is 70.2. The van der Waals surface area contributed by atoms with E-state index in [0.717, 1.165) is 111 Å². The molecule has 608 valence electrons. The molecule has 130 heavy (non-hydrogen) atoms. The van der Waals surface area contributed by atoms with Crippen LogP contribution in [0.5, 0.6) is 0 Å². The van der Waals surface area contributed by atoms with E-state index in [-0.39, 0.29) is 0 Å². The van der Waals surface area contributed by atoms with Crippen LogP contribution in [0.4, 0.5) is 0 Å².